The van der Waals surface area contributed by atoms with E-state index in [4.69, 9.17) is 10.5 Å². The van der Waals surface area contributed by atoms with Crippen LogP contribution in [0.3, 0.4) is 0 Å². The number of nitrogens with two attached hydrogens (primary N) is 1. The topological polar surface area (TPSA) is 64.3 Å². The summed E-state index contributed by atoms with van der Waals surface area (Å²) >= 11 is 0. The monoisotopic (exact) mass is 214 g/mol. The molecule has 2 atom stereocenters. The number of ether oxygens (including phenoxy) is 1. The third kappa shape index (κ3) is 4.62. The molecular formula is C11H22N2O2. The zero-order chi connectivity index (χ0) is 11.3. The molecule has 1 rings (SSSR count). The van der Waals surface area contributed by atoms with E-state index >= 15 is 0 Å². The average molecular weight is 214 g/mol. The predicted molar refractivity (Wildman–Crippen MR) is 59.4 cm³/mol. The molecular weight excluding hydrogens is 192 g/mol. The Morgan fingerprint density at radius 2 is 2.33 bits per heavy atom. The molecule has 0 aromatic heterocycles. The van der Waals surface area contributed by atoms with Gasteiger partial charge in [-0.25, -0.2) is 0 Å². The van der Waals surface area contributed by atoms with E-state index in [1.54, 1.807) is 0 Å². The fourth-order valence-electron chi connectivity index (χ4n) is 1.82. The molecule has 0 spiro atoms. The van der Waals surface area contributed by atoms with Gasteiger partial charge >= 0.3 is 0 Å². The molecule has 4 heteroatoms. The Hall–Kier alpha value is -0.610. The number of hydrogen-bond acceptors (Lipinski definition) is 3. The SMILES string of the molecule is CC(C)C[C@H](N)CNC(=O)C1CCCO1. The molecule has 0 aliphatic carbocycles. The van der Waals surface area contributed by atoms with Crippen LogP contribution in [0.1, 0.15) is 33.1 Å². The van der Waals surface area contributed by atoms with Crippen molar-refractivity contribution in [2.24, 2.45) is 11.7 Å². The van der Waals surface area contributed by atoms with E-state index < -0.39 is 0 Å². The largest absolute Gasteiger partial charge is 0.368 e. The lowest BCUT2D eigenvalue weighted by molar-refractivity contribution is -0.130. The highest BCUT2D eigenvalue weighted by atomic mass is 16.5. The molecule has 1 aliphatic heterocycles. The second-order valence-corrected chi connectivity index (χ2v) is 4.64. The lowest BCUT2D eigenvalue weighted by Gasteiger charge is -2.16. The van der Waals surface area contributed by atoms with Gasteiger partial charge < -0.3 is 15.8 Å². The molecule has 1 aliphatic rings. The Balaban J connectivity index is 2.15. The van der Waals surface area contributed by atoms with Crippen LogP contribution in [0.4, 0.5) is 0 Å². The second-order valence-electron chi connectivity index (χ2n) is 4.64. The lowest BCUT2D eigenvalue weighted by atomic mass is 10.0. The van der Waals surface area contributed by atoms with E-state index in [0.29, 0.717) is 19.1 Å². The molecule has 88 valence electrons. The molecule has 0 radical (unpaired) electrons. The molecule has 0 aromatic carbocycles. The van der Waals surface area contributed by atoms with Crippen LogP contribution >= 0.6 is 0 Å². The summed E-state index contributed by atoms with van der Waals surface area (Å²) in [6.45, 7) is 5.51. The van der Waals surface area contributed by atoms with Gasteiger partial charge in [0.1, 0.15) is 6.10 Å². The van der Waals surface area contributed by atoms with Crippen molar-refractivity contribution in [3.8, 4) is 0 Å². The van der Waals surface area contributed by atoms with Gasteiger partial charge in [0.15, 0.2) is 0 Å². The van der Waals surface area contributed by atoms with Gasteiger partial charge in [-0.05, 0) is 25.2 Å². The summed E-state index contributed by atoms with van der Waals surface area (Å²) in [4.78, 5) is 11.5. The van der Waals surface area contributed by atoms with Crippen molar-refractivity contribution in [1.29, 1.82) is 0 Å². The minimum Gasteiger partial charge on any atom is -0.368 e. The first-order valence-corrected chi connectivity index (χ1v) is 5.74. The third-order valence-corrected chi connectivity index (χ3v) is 2.53. The van der Waals surface area contributed by atoms with Gasteiger partial charge in [-0.15, -0.1) is 0 Å². The van der Waals surface area contributed by atoms with E-state index in [0.717, 1.165) is 19.3 Å². The molecule has 1 heterocycles. The summed E-state index contributed by atoms with van der Waals surface area (Å²) in [6.07, 6.45) is 2.52. The third-order valence-electron chi connectivity index (χ3n) is 2.53. The first-order chi connectivity index (χ1) is 7.09. The zero-order valence-corrected chi connectivity index (χ0v) is 9.66. The summed E-state index contributed by atoms with van der Waals surface area (Å²) < 4.78 is 5.28. The Labute approximate surface area is 91.5 Å². The summed E-state index contributed by atoms with van der Waals surface area (Å²) in [5, 5.41) is 2.84. The van der Waals surface area contributed by atoms with Crippen molar-refractivity contribution in [2.75, 3.05) is 13.2 Å². The van der Waals surface area contributed by atoms with Crippen LogP contribution in [0.25, 0.3) is 0 Å². The van der Waals surface area contributed by atoms with Crippen LogP contribution in [-0.2, 0) is 9.53 Å². The molecule has 1 fully saturated rings. The number of rotatable bonds is 5. The van der Waals surface area contributed by atoms with Crippen molar-refractivity contribution in [2.45, 2.75) is 45.3 Å². The molecule has 1 saturated heterocycles. The van der Waals surface area contributed by atoms with E-state index in [9.17, 15) is 4.79 Å². The standard InChI is InChI=1S/C11H22N2O2/c1-8(2)6-9(12)7-13-11(14)10-4-3-5-15-10/h8-10H,3-7,12H2,1-2H3,(H,13,14)/t9-,10?/m0/s1. The predicted octanol–water partition coefficient (Wildman–Crippen LogP) is 0.655. The Morgan fingerprint density at radius 1 is 1.60 bits per heavy atom. The fourth-order valence-corrected chi connectivity index (χ4v) is 1.82. The van der Waals surface area contributed by atoms with Gasteiger partial charge in [0.05, 0.1) is 0 Å². The zero-order valence-electron chi connectivity index (χ0n) is 9.66. The average Bonchev–Trinajstić information content (AvgIpc) is 2.65. The van der Waals surface area contributed by atoms with Crippen molar-refractivity contribution in [1.82, 2.24) is 5.32 Å². The summed E-state index contributed by atoms with van der Waals surface area (Å²) in [6, 6.07) is 0.0513. The number of carbonyl (C=O) groups excluding carboxylic acids is 1. The van der Waals surface area contributed by atoms with Crippen molar-refractivity contribution >= 4 is 5.91 Å². The molecule has 15 heavy (non-hydrogen) atoms. The van der Waals surface area contributed by atoms with Crippen LogP contribution in [-0.4, -0.2) is 31.2 Å². The molecule has 3 N–H and O–H groups in total. The highest BCUT2D eigenvalue weighted by Gasteiger charge is 2.23. The quantitative estimate of drug-likeness (QED) is 0.706. The number of nitrogens with one attached hydrogen (secondary N) is 1. The van der Waals surface area contributed by atoms with E-state index in [1.807, 2.05) is 0 Å². The van der Waals surface area contributed by atoms with E-state index in [2.05, 4.69) is 19.2 Å². The first kappa shape index (κ1) is 12.5. The van der Waals surface area contributed by atoms with Crippen molar-refractivity contribution in [3.63, 3.8) is 0 Å². The van der Waals surface area contributed by atoms with Crippen LogP contribution in [0, 0.1) is 5.92 Å². The maximum Gasteiger partial charge on any atom is 0.249 e. The maximum atomic E-state index is 11.5. The van der Waals surface area contributed by atoms with Gasteiger partial charge in [0.25, 0.3) is 0 Å². The van der Waals surface area contributed by atoms with E-state index in [-0.39, 0.29) is 18.1 Å². The Kier molecular flexibility index (Phi) is 5.05. The van der Waals surface area contributed by atoms with Crippen molar-refractivity contribution in [3.05, 3.63) is 0 Å². The fraction of sp³-hybridized carbons (Fsp3) is 0.909. The highest BCUT2D eigenvalue weighted by molar-refractivity contribution is 5.80. The van der Waals surface area contributed by atoms with E-state index in [1.165, 1.54) is 0 Å². The Morgan fingerprint density at radius 3 is 2.87 bits per heavy atom. The van der Waals surface area contributed by atoms with Crippen LogP contribution in [0.5, 0.6) is 0 Å². The molecule has 4 nitrogen and oxygen atoms in total. The molecule has 1 amide bonds. The van der Waals surface area contributed by atoms with Gasteiger partial charge in [-0.2, -0.15) is 0 Å². The minimum atomic E-state index is -0.240. The summed E-state index contributed by atoms with van der Waals surface area (Å²) in [5.41, 5.74) is 5.87. The summed E-state index contributed by atoms with van der Waals surface area (Å²) in [7, 11) is 0. The highest BCUT2D eigenvalue weighted by Crippen LogP contribution is 2.11. The smallest absolute Gasteiger partial charge is 0.249 e. The summed E-state index contributed by atoms with van der Waals surface area (Å²) in [5.74, 6) is 0.561. The van der Waals surface area contributed by atoms with Gasteiger partial charge in [-0.1, -0.05) is 13.8 Å². The molecule has 1 unspecified atom stereocenters. The lowest BCUT2D eigenvalue weighted by Crippen LogP contribution is -2.42. The second kappa shape index (κ2) is 6.08. The molecule has 0 saturated carbocycles. The van der Waals surface area contributed by atoms with Gasteiger partial charge in [-0.3, -0.25) is 4.79 Å². The number of amides is 1. The van der Waals surface area contributed by atoms with Gasteiger partial charge in [0.2, 0.25) is 5.91 Å². The molecule has 0 bridgehead atoms. The van der Waals surface area contributed by atoms with Crippen LogP contribution < -0.4 is 11.1 Å². The first-order valence-electron chi connectivity index (χ1n) is 5.74. The van der Waals surface area contributed by atoms with Crippen LogP contribution in [0.2, 0.25) is 0 Å². The number of carbonyl (C=O) groups is 1. The Bertz CT molecular complexity index is 201. The van der Waals surface area contributed by atoms with Gasteiger partial charge in [0, 0.05) is 19.2 Å². The number of hydrogen-bond donors (Lipinski definition) is 2. The van der Waals surface area contributed by atoms with Crippen LogP contribution in [0.15, 0.2) is 0 Å². The minimum absolute atomic E-state index is 0.00768. The maximum absolute atomic E-state index is 11.5. The normalized spacial score (nSPS) is 23.1. The van der Waals surface area contributed by atoms with Crippen molar-refractivity contribution < 1.29 is 9.53 Å². The molecule has 0 aromatic rings.